The summed E-state index contributed by atoms with van der Waals surface area (Å²) < 4.78 is 19.8. The SMILES string of the molecule is Cc1cnc(OCCCCC2CCN(C)CC2)cc1-c1nc2c(C)c(F)ccc2[nH]1. The van der Waals surface area contributed by atoms with Crippen LogP contribution in [0.1, 0.15) is 43.2 Å². The van der Waals surface area contributed by atoms with Crippen LogP contribution >= 0.6 is 0 Å². The van der Waals surface area contributed by atoms with Crippen LogP contribution in [0.2, 0.25) is 0 Å². The Balaban J connectivity index is 1.36. The molecule has 2 aromatic heterocycles. The molecule has 1 aliphatic heterocycles. The first kappa shape index (κ1) is 20.8. The number of aromatic nitrogens is 3. The van der Waals surface area contributed by atoms with E-state index in [0.717, 1.165) is 29.0 Å². The molecule has 0 unspecified atom stereocenters. The molecule has 0 amide bonds. The van der Waals surface area contributed by atoms with Gasteiger partial charge in [-0.2, -0.15) is 0 Å². The normalized spacial score (nSPS) is 15.7. The number of imidazole rings is 1. The molecule has 0 spiro atoms. The summed E-state index contributed by atoms with van der Waals surface area (Å²) in [6.45, 7) is 6.87. The number of nitrogens with zero attached hydrogens (tertiary/aromatic N) is 3. The van der Waals surface area contributed by atoms with Crippen molar-refractivity contribution in [3.05, 3.63) is 41.3 Å². The molecular weight excluding hydrogens is 379 g/mol. The van der Waals surface area contributed by atoms with Crippen LogP contribution in [-0.2, 0) is 0 Å². The smallest absolute Gasteiger partial charge is 0.213 e. The minimum atomic E-state index is -0.240. The van der Waals surface area contributed by atoms with E-state index in [4.69, 9.17) is 4.74 Å². The summed E-state index contributed by atoms with van der Waals surface area (Å²) in [6.07, 6.45) is 7.98. The van der Waals surface area contributed by atoms with Crippen LogP contribution in [0.25, 0.3) is 22.4 Å². The highest BCUT2D eigenvalue weighted by Crippen LogP contribution is 2.28. The predicted octanol–water partition coefficient (Wildman–Crippen LogP) is 5.27. The van der Waals surface area contributed by atoms with Gasteiger partial charge in [-0.25, -0.2) is 14.4 Å². The molecule has 0 atom stereocenters. The molecule has 6 heteroatoms. The third kappa shape index (κ3) is 4.64. The lowest BCUT2D eigenvalue weighted by molar-refractivity contribution is 0.205. The van der Waals surface area contributed by atoms with Crippen molar-refractivity contribution < 1.29 is 9.13 Å². The molecule has 0 aliphatic carbocycles. The first-order chi connectivity index (χ1) is 14.5. The molecule has 1 saturated heterocycles. The van der Waals surface area contributed by atoms with Gasteiger partial charge in [-0.15, -0.1) is 0 Å². The number of aryl methyl sites for hydroxylation is 2. The number of benzene rings is 1. The van der Waals surface area contributed by atoms with Crippen molar-refractivity contribution in [2.45, 2.75) is 46.0 Å². The molecule has 3 heterocycles. The number of ether oxygens (including phenoxy) is 1. The van der Waals surface area contributed by atoms with E-state index in [1.54, 1.807) is 13.0 Å². The number of piperidine rings is 1. The molecule has 30 heavy (non-hydrogen) atoms. The maximum absolute atomic E-state index is 13.9. The molecule has 0 radical (unpaired) electrons. The minimum absolute atomic E-state index is 0.240. The van der Waals surface area contributed by atoms with Gasteiger partial charge in [-0.1, -0.05) is 6.42 Å². The summed E-state index contributed by atoms with van der Waals surface area (Å²) in [5.74, 6) is 1.95. The van der Waals surface area contributed by atoms with E-state index in [0.29, 0.717) is 29.4 Å². The molecule has 5 nitrogen and oxygen atoms in total. The third-order valence-corrected chi connectivity index (χ3v) is 6.27. The van der Waals surface area contributed by atoms with Gasteiger partial charge in [-0.05, 0) is 83.3 Å². The first-order valence-corrected chi connectivity index (χ1v) is 10.9. The van der Waals surface area contributed by atoms with Gasteiger partial charge >= 0.3 is 0 Å². The number of nitrogens with one attached hydrogen (secondary N) is 1. The van der Waals surface area contributed by atoms with Crippen LogP contribution in [0.3, 0.4) is 0 Å². The molecular formula is C24H31FN4O. The quantitative estimate of drug-likeness (QED) is 0.539. The second-order valence-corrected chi connectivity index (χ2v) is 8.58. The zero-order valence-corrected chi connectivity index (χ0v) is 18.2. The fraction of sp³-hybridized carbons (Fsp3) is 0.500. The zero-order valence-electron chi connectivity index (χ0n) is 18.2. The molecule has 4 rings (SSSR count). The van der Waals surface area contributed by atoms with Crippen molar-refractivity contribution in [3.63, 3.8) is 0 Å². The van der Waals surface area contributed by atoms with Crippen LogP contribution in [0, 0.1) is 25.6 Å². The highest BCUT2D eigenvalue weighted by atomic mass is 19.1. The third-order valence-electron chi connectivity index (χ3n) is 6.27. The molecule has 0 bridgehead atoms. The summed E-state index contributed by atoms with van der Waals surface area (Å²) in [4.78, 5) is 14.8. The molecule has 1 fully saturated rings. The lowest BCUT2D eigenvalue weighted by Crippen LogP contribution is -2.30. The Morgan fingerprint density at radius 2 is 2.00 bits per heavy atom. The maximum Gasteiger partial charge on any atom is 0.213 e. The van der Waals surface area contributed by atoms with Crippen molar-refractivity contribution in [1.29, 1.82) is 0 Å². The lowest BCUT2D eigenvalue weighted by Gasteiger charge is -2.28. The number of H-pyrrole nitrogens is 1. The lowest BCUT2D eigenvalue weighted by atomic mass is 9.92. The topological polar surface area (TPSA) is 54.0 Å². The van der Waals surface area contributed by atoms with Crippen LogP contribution in [0.4, 0.5) is 4.39 Å². The van der Waals surface area contributed by atoms with Crippen LogP contribution in [0.5, 0.6) is 5.88 Å². The standard InChI is InChI=1S/C24H31FN4O/c1-16-15-26-22(30-13-5-4-6-18-9-11-29(3)12-10-18)14-19(16)24-27-21-8-7-20(25)17(2)23(21)28-24/h7-8,14-15,18H,4-6,9-13H2,1-3H3,(H,27,28). The van der Waals surface area contributed by atoms with Gasteiger partial charge < -0.3 is 14.6 Å². The maximum atomic E-state index is 13.9. The first-order valence-electron chi connectivity index (χ1n) is 10.9. The number of rotatable bonds is 7. The number of likely N-dealkylation sites (tertiary alicyclic amines) is 1. The number of unbranched alkanes of at least 4 members (excludes halogenated alkanes) is 1. The summed E-state index contributed by atoms with van der Waals surface area (Å²) >= 11 is 0. The van der Waals surface area contributed by atoms with Crippen molar-refractivity contribution in [2.75, 3.05) is 26.7 Å². The Bertz CT molecular complexity index is 1010. The summed E-state index contributed by atoms with van der Waals surface area (Å²) in [7, 11) is 2.21. The minimum Gasteiger partial charge on any atom is -0.478 e. The van der Waals surface area contributed by atoms with Gasteiger partial charge in [0.25, 0.3) is 0 Å². The van der Waals surface area contributed by atoms with Crippen LogP contribution in [-0.4, -0.2) is 46.6 Å². The number of halogens is 1. The number of hydrogen-bond donors (Lipinski definition) is 1. The molecule has 0 saturated carbocycles. The second-order valence-electron chi connectivity index (χ2n) is 8.58. The summed E-state index contributed by atoms with van der Waals surface area (Å²) in [5, 5.41) is 0. The Morgan fingerprint density at radius 3 is 2.80 bits per heavy atom. The average Bonchev–Trinajstić information content (AvgIpc) is 3.18. The van der Waals surface area contributed by atoms with Crippen LogP contribution in [0.15, 0.2) is 24.4 Å². The Labute approximate surface area is 177 Å². The van der Waals surface area contributed by atoms with Crippen LogP contribution < -0.4 is 4.74 Å². The van der Waals surface area contributed by atoms with Gasteiger partial charge in [0.1, 0.15) is 11.6 Å². The van der Waals surface area contributed by atoms with E-state index in [1.165, 1.54) is 44.8 Å². The Kier molecular flexibility index (Phi) is 6.32. The van der Waals surface area contributed by atoms with E-state index >= 15 is 0 Å². The zero-order chi connectivity index (χ0) is 21.1. The second kappa shape index (κ2) is 9.13. The average molecular weight is 411 g/mol. The number of pyridine rings is 1. The van der Waals surface area contributed by atoms with Gasteiger partial charge in [-0.3, -0.25) is 0 Å². The van der Waals surface area contributed by atoms with Gasteiger partial charge in [0.15, 0.2) is 0 Å². The fourth-order valence-electron chi connectivity index (χ4n) is 4.22. The van der Waals surface area contributed by atoms with E-state index in [-0.39, 0.29) is 5.82 Å². The van der Waals surface area contributed by atoms with E-state index in [1.807, 2.05) is 19.2 Å². The predicted molar refractivity (Wildman–Crippen MR) is 118 cm³/mol. The largest absolute Gasteiger partial charge is 0.478 e. The molecule has 160 valence electrons. The van der Waals surface area contributed by atoms with E-state index in [2.05, 4.69) is 26.9 Å². The number of hydrogen-bond acceptors (Lipinski definition) is 4. The fourth-order valence-corrected chi connectivity index (χ4v) is 4.22. The Morgan fingerprint density at radius 1 is 1.20 bits per heavy atom. The molecule has 1 aromatic carbocycles. The van der Waals surface area contributed by atoms with Gasteiger partial charge in [0.2, 0.25) is 5.88 Å². The molecule has 1 N–H and O–H groups in total. The number of aromatic amines is 1. The number of fused-ring (bicyclic) bond motifs is 1. The summed E-state index contributed by atoms with van der Waals surface area (Å²) in [6, 6.07) is 5.13. The van der Waals surface area contributed by atoms with Crippen molar-refractivity contribution in [2.24, 2.45) is 5.92 Å². The highest BCUT2D eigenvalue weighted by molar-refractivity contribution is 5.82. The Hall–Kier alpha value is -2.47. The molecule has 1 aliphatic rings. The molecule has 3 aromatic rings. The van der Waals surface area contributed by atoms with Crippen molar-refractivity contribution >= 4 is 11.0 Å². The van der Waals surface area contributed by atoms with E-state index < -0.39 is 0 Å². The van der Waals surface area contributed by atoms with E-state index in [9.17, 15) is 4.39 Å². The van der Waals surface area contributed by atoms with Crippen molar-refractivity contribution in [3.8, 4) is 17.3 Å². The monoisotopic (exact) mass is 410 g/mol. The highest BCUT2D eigenvalue weighted by Gasteiger charge is 2.16. The van der Waals surface area contributed by atoms with Gasteiger partial charge in [0, 0.05) is 23.4 Å². The van der Waals surface area contributed by atoms with Gasteiger partial charge in [0.05, 0.1) is 17.6 Å². The summed E-state index contributed by atoms with van der Waals surface area (Å²) in [5.41, 5.74) is 3.99. The van der Waals surface area contributed by atoms with Crippen molar-refractivity contribution in [1.82, 2.24) is 19.9 Å².